The van der Waals surface area contributed by atoms with Crippen LogP contribution in [0.3, 0.4) is 0 Å². The Morgan fingerprint density at radius 1 is 1.53 bits per heavy atom. The zero-order valence-electron chi connectivity index (χ0n) is 9.49. The van der Waals surface area contributed by atoms with Gasteiger partial charge < -0.3 is 9.47 Å². The minimum atomic E-state index is -0.525. The van der Waals surface area contributed by atoms with Crippen molar-refractivity contribution in [3.05, 3.63) is 0 Å². The fourth-order valence-corrected chi connectivity index (χ4v) is 1.35. The average molecular weight is 216 g/mol. The first kappa shape index (κ1) is 12.3. The Balaban J connectivity index is 2.56. The van der Waals surface area contributed by atoms with Gasteiger partial charge in [-0.05, 0) is 20.8 Å². The van der Waals surface area contributed by atoms with Crippen LogP contribution in [0.1, 0.15) is 20.8 Å². The van der Waals surface area contributed by atoms with E-state index in [4.69, 9.17) is 9.47 Å². The Bertz CT molecular complexity index is 224. The minimum absolute atomic E-state index is 0.308. The van der Waals surface area contributed by atoms with Crippen LogP contribution in [0.2, 0.25) is 0 Å². The van der Waals surface area contributed by atoms with E-state index in [1.54, 1.807) is 20.8 Å². The van der Waals surface area contributed by atoms with E-state index in [9.17, 15) is 9.90 Å². The fraction of sp³-hybridized carbons (Fsp3) is 0.900. The van der Waals surface area contributed by atoms with E-state index in [-0.39, 0.29) is 6.61 Å². The van der Waals surface area contributed by atoms with E-state index in [0.29, 0.717) is 19.8 Å². The van der Waals surface area contributed by atoms with Crippen LogP contribution in [-0.2, 0) is 14.6 Å². The lowest BCUT2D eigenvalue weighted by Gasteiger charge is -2.35. The number of carbonyl (C=O) groups excluding carboxylic acids is 1. The molecule has 0 saturated carbocycles. The van der Waals surface area contributed by atoms with E-state index < -0.39 is 17.7 Å². The van der Waals surface area contributed by atoms with Crippen LogP contribution in [-0.4, -0.2) is 49.0 Å². The molecule has 0 aromatic rings. The van der Waals surface area contributed by atoms with Gasteiger partial charge in [0.25, 0.3) is 0 Å². The number of hydrogen-bond acceptors (Lipinski definition) is 3. The third-order valence-electron chi connectivity index (χ3n) is 2.05. The molecule has 5 nitrogen and oxygen atoms in total. The van der Waals surface area contributed by atoms with Gasteiger partial charge in [-0.3, -0.25) is 4.90 Å². The quantitative estimate of drug-likeness (QED) is 0.658. The van der Waals surface area contributed by atoms with Crippen molar-refractivity contribution in [2.75, 3.05) is 26.4 Å². The predicted octanol–water partition coefficient (Wildman–Crippen LogP) is 1.05. The van der Waals surface area contributed by atoms with Crippen molar-refractivity contribution in [3.63, 3.8) is 0 Å². The van der Waals surface area contributed by atoms with Gasteiger partial charge in [-0.2, -0.15) is 0 Å². The van der Waals surface area contributed by atoms with Crippen LogP contribution in [0.5, 0.6) is 0 Å². The topological polar surface area (TPSA) is 58.7 Å². The molecular formula is C10H18NO4. The molecule has 1 aliphatic rings. The molecule has 1 aliphatic heterocycles. The molecule has 1 radical (unpaired) electrons. The average Bonchev–Trinajstić information content (AvgIpc) is 2.15. The molecular weight excluding hydrogens is 198 g/mol. The lowest BCUT2D eigenvalue weighted by Crippen LogP contribution is -2.51. The van der Waals surface area contributed by atoms with E-state index in [1.807, 2.05) is 0 Å². The number of nitrogens with zero attached hydrogens (tertiary/aromatic N) is 1. The molecule has 0 aliphatic carbocycles. The van der Waals surface area contributed by atoms with Crippen molar-refractivity contribution in [2.24, 2.45) is 0 Å². The van der Waals surface area contributed by atoms with Gasteiger partial charge in [0.05, 0.1) is 19.3 Å². The summed E-state index contributed by atoms with van der Waals surface area (Å²) in [6.07, 6.45) is -0.424. The summed E-state index contributed by atoms with van der Waals surface area (Å²) in [4.78, 5) is 13.2. The number of hydrogen-bond donors (Lipinski definition) is 0. The molecule has 1 rings (SSSR count). The van der Waals surface area contributed by atoms with Crippen molar-refractivity contribution >= 4 is 6.09 Å². The summed E-state index contributed by atoms with van der Waals surface area (Å²) in [5, 5.41) is 10.8. The first-order valence-electron chi connectivity index (χ1n) is 5.09. The van der Waals surface area contributed by atoms with Crippen LogP contribution < -0.4 is 0 Å². The highest BCUT2D eigenvalue weighted by molar-refractivity contribution is 5.68. The molecule has 0 spiro atoms. The van der Waals surface area contributed by atoms with Crippen LogP contribution in [0, 0.1) is 0 Å². The minimum Gasteiger partial charge on any atom is -0.444 e. The molecule has 1 amide bonds. The summed E-state index contributed by atoms with van der Waals surface area (Å²) in [6, 6.07) is -0.395. The maximum absolute atomic E-state index is 11.7. The van der Waals surface area contributed by atoms with E-state index >= 15 is 0 Å². The molecule has 15 heavy (non-hydrogen) atoms. The number of ether oxygens (including phenoxy) is 2. The lowest BCUT2D eigenvalue weighted by molar-refractivity contribution is -0.0521. The summed E-state index contributed by atoms with van der Waals surface area (Å²) in [5.74, 6) is 0. The zero-order chi connectivity index (χ0) is 11.5. The number of carbonyl (C=O) groups is 1. The first-order valence-corrected chi connectivity index (χ1v) is 5.09. The summed E-state index contributed by atoms with van der Waals surface area (Å²) < 4.78 is 10.3. The summed E-state index contributed by atoms with van der Waals surface area (Å²) in [5.41, 5.74) is -0.525. The Morgan fingerprint density at radius 3 is 2.73 bits per heavy atom. The highest BCUT2D eigenvalue weighted by Gasteiger charge is 2.30. The number of amides is 1. The van der Waals surface area contributed by atoms with Crippen LogP contribution in [0.4, 0.5) is 4.79 Å². The van der Waals surface area contributed by atoms with Gasteiger partial charge in [-0.1, -0.05) is 0 Å². The van der Waals surface area contributed by atoms with Gasteiger partial charge in [0.1, 0.15) is 12.2 Å². The molecule has 5 heteroatoms. The lowest BCUT2D eigenvalue weighted by atomic mass is 10.2. The Labute approximate surface area is 90.0 Å². The molecule has 0 aromatic heterocycles. The highest BCUT2D eigenvalue weighted by atomic mass is 16.6. The van der Waals surface area contributed by atoms with Gasteiger partial charge in [0.15, 0.2) is 0 Å². The second kappa shape index (κ2) is 4.81. The predicted molar refractivity (Wildman–Crippen MR) is 53.1 cm³/mol. The van der Waals surface area contributed by atoms with Crippen LogP contribution >= 0.6 is 0 Å². The fourth-order valence-electron chi connectivity index (χ4n) is 1.35. The molecule has 0 bridgehead atoms. The smallest absolute Gasteiger partial charge is 0.410 e. The SMILES string of the molecule is CC(C)(C)OC(=O)N1CCOCC1C[O]. The van der Waals surface area contributed by atoms with Crippen molar-refractivity contribution < 1.29 is 19.4 Å². The summed E-state index contributed by atoms with van der Waals surface area (Å²) in [7, 11) is 0. The normalized spacial score (nSPS) is 22.7. The molecule has 1 unspecified atom stereocenters. The summed E-state index contributed by atoms with van der Waals surface area (Å²) >= 11 is 0. The van der Waals surface area contributed by atoms with Gasteiger partial charge in [0.2, 0.25) is 0 Å². The monoisotopic (exact) mass is 216 g/mol. The zero-order valence-corrected chi connectivity index (χ0v) is 9.49. The van der Waals surface area contributed by atoms with Crippen LogP contribution in [0.15, 0.2) is 0 Å². The van der Waals surface area contributed by atoms with E-state index in [2.05, 4.69) is 0 Å². The van der Waals surface area contributed by atoms with Crippen molar-refractivity contribution in [1.82, 2.24) is 4.90 Å². The van der Waals surface area contributed by atoms with E-state index in [1.165, 1.54) is 4.90 Å². The second-order valence-electron chi connectivity index (χ2n) is 4.57. The van der Waals surface area contributed by atoms with Crippen LogP contribution in [0.25, 0.3) is 0 Å². The molecule has 0 N–H and O–H groups in total. The molecule has 1 fully saturated rings. The molecule has 1 saturated heterocycles. The number of morpholine rings is 1. The summed E-state index contributed by atoms with van der Waals surface area (Å²) in [6.45, 7) is 6.27. The van der Waals surface area contributed by atoms with Crippen molar-refractivity contribution in [1.29, 1.82) is 0 Å². The third-order valence-corrected chi connectivity index (χ3v) is 2.05. The van der Waals surface area contributed by atoms with Gasteiger partial charge in [0, 0.05) is 6.54 Å². The van der Waals surface area contributed by atoms with Gasteiger partial charge in [-0.25, -0.2) is 9.90 Å². The maximum Gasteiger partial charge on any atom is 0.410 e. The highest BCUT2D eigenvalue weighted by Crippen LogP contribution is 2.14. The molecule has 0 aromatic carbocycles. The molecule has 87 valence electrons. The van der Waals surface area contributed by atoms with Crippen molar-refractivity contribution in [2.45, 2.75) is 32.4 Å². The Kier molecular flexibility index (Phi) is 3.93. The first-order chi connectivity index (χ1) is 6.94. The molecule has 1 atom stereocenters. The largest absolute Gasteiger partial charge is 0.444 e. The second-order valence-corrected chi connectivity index (χ2v) is 4.57. The van der Waals surface area contributed by atoms with E-state index in [0.717, 1.165) is 0 Å². The van der Waals surface area contributed by atoms with Gasteiger partial charge >= 0.3 is 6.09 Å². The number of rotatable bonds is 1. The maximum atomic E-state index is 11.7. The Hall–Kier alpha value is -0.810. The Morgan fingerprint density at radius 2 is 2.20 bits per heavy atom. The van der Waals surface area contributed by atoms with Gasteiger partial charge in [-0.15, -0.1) is 0 Å². The molecule has 1 heterocycles. The van der Waals surface area contributed by atoms with Crippen molar-refractivity contribution in [3.8, 4) is 0 Å². The third kappa shape index (κ3) is 3.68. The standard InChI is InChI=1S/C10H18NO4/c1-10(2,3)15-9(13)11-4-5-14-7-8(11)6-12/h8H,4-7H2,1-3H3.